The highest BCUT2D eigenvalue weighted by atomic mass is 15.1. The lowest BCUT2D eigenvalue weighted by atomic mass is 10.0. The van der Waals surface area contributed by atoms with Crippen LogP contribution in [-0.2, 0) is 6.42 Å². The van der Waals surface area contributed by atoms with E-state index in [1.807, 2.05) is 0 Å². The lowest BCUT2D eigenvalue weighted by Gasteiger charge is -2.14. The lowest BCUT2D eigenvalue weighted by molar-refractivity contribution is 0.331. The molecule has 0 amide bonds. The maximum absolute atomic E-state index is 3.58. The van der Waals surface area contributed by atoms with Gasteiger partial charge in [0.1, 0.15) is 0 Å². The minimum atomic E-state index is 1.10. The summed E-state index contributed by atoms with van der Waals surface area (Å²) in [6, 6.07) is 6.75. The fourth-order valence-electron chi connectivity index (χ4n) is 2.85. The minimum Gasteiger partial charge on any atom is -0.316 e. The third-order valence-corrected chi connectivity index (χ3v) is 4.10. The van der Waals surface area contributed by atoms with Gasteiger partial charge >= 0.3 is 0 Å². The number of rotatable bonds is 7. The molecule has 1 aliphatic heterocycles. The molecule has 1 N–H and O–H groups in total. The molecule has 1 heterocycles. The Balaban J connectivity index is 1.57. The van der Waals surface area contributed by atoms with E-state index in [2.05, 4.69) is 42.3 Å². The highest BCUT2D eigenvalue weighted by Gasteiger charge is 2.09. The van der Waals surface area contributed by atoms with Crippen LogP contribution in [-0.4, -0.2) is 37.6 Å². The molecule has 2 heteroatoms. The van der Waals surface area contributed by atoms with Crippen molar-refractivity contribution in [1.82, 2.24) is 10.2 Å². The summed E-state index contributed by atoms with van der Waals surface area (Å²) >= 11 is 0. The lowest BCUT2D eigenvalue weighted by Crippen LogP contribution is -2.25. The number of nitrogens with one attached hydrogen (secondary N) is 1. The highest BCUT2D eigenvalue weighted by molar-refractivity contribution is 5.30. The van der Waals surface area contributed by atoms with Gasteiger partial charge in [-0.1, -0.05) is 23.8 Å². The van der Waals surface area contributed by atoms with Crippen molar-refractivity contribution in [2.24, 2.45) is 0 Å². The third kappa shape index (κ3) is 4.96. The molecule has 0 spiro atoms. The summed E-state index contributed by atoms with van der Waals surface area (Å²) in [7, 11) is 0. The molecule has 0 aromatic heterocycles. The summed E-state index contributed by atoms with van der Waals surface area (Å²) in [4.78, 5) is 2.59. The van der Waals surface area contributed by atoms with Crippen molar-refractivity contribution in [2.75, 3.05) is 32.7 Å². The van der Waals surface area contributed by atoms with Crippen LogP contribution >= 0.6 is 0 Å². The molecule has 2 nitrogen and oxygen atoms in total. The predicted octanol–water partition coefficient (Wildman–Crippen LogP) is 2.92. The molecule has 1 aliphatic rings. The quantitative estimate of drug-likeness (QED) is 0.758. The Morgan fingerprint density at radius 3 is 2.68 bits per heavy atom. The first kappa shape index (κ1) is 14.5. The second-order valence-corrected chi connectivity index (χ2v) is 5.83. The van der Waals surface area contributed by atoms with Gasteiger partial charge in [0.2, 0.25) is 0 Å². The molecule has 1 aromatic carbocycles. The van der Waals surface area contributed by atoms with Crippen molar-refractivity contribution >= 4 is 0 Å². The van der Waals surface area contributed by atoms with Gasteiger partial charge in [-0.25, -0.2) is 0 Å². The van der Waals surface area contributed by atoms with E-state index in [1.165, 1.54) is 55.6 Å². The van der Waals surface area contributed by atoms with Gasteiger partial charge < -0.3 is 10.2 Å². The Kier molecular flexibility index (Phi) is 5.87. The average molecular weight is 260 g/mol. The summed E-state index contributed by atoms with van der Waals surface area (Å²) in [5.41, 5.74) is 4.28. The van der Waals surface area contributed by atoms with Gasteiger partial charge in [-0.3, -0.25) is 0 Å². The topological polar surface area (TPSA) is 15.3 Å². The fraction of sp³-hybridized carbons (Fsp3) is 0.647. The van der Waals surface area contributed by atoms with E-state index in [0.717, 1.165) is 19.5 Å². The van der Waals surface area contributed by atoms with Crippen LogP contribution in [0.15, 0.2) is 18.2 Å². The Morgan fingerprint density at radius 1 is 1.11 bits per heavy atom. The van der Waals surface area contributed by atoms with E-state index in [0.29, 0.717) is 0 Å². The minimum absolute atomic E-state index is 1.10. The zero-order valence-electron chi connectivity index (χ0n) is 12.5. The van der Waals surface area contributed by atoms with Gasteiger partial charge in [-0.05, 0) is 83.4 Å². The second kappa shape index (κ2) is 7.66. The number of benzene rings is 1. The van der Waals surface area contributed by atoms with Crippen LogP contribution in [0, 0.1) is 13.8 Å². The number of aryl methyl sites for hydroxylation is 2. The molecule has 106 valence electrons. The standard InChI is InChI=1S/C17H28N2/c1-15-6-7-16(2)17(14-15)8-10-18-9-5-13-19-11-3-4-12-19/h6-7,14,18H,3-5,8-13H2,1-2H3. The number of hydrogen-bond acceptors (Lipinski definition) is 2. The SMILES string of the molecule is Cc1ccc(C)c(CCNCCCN2CCCC2)c1. The Bertz CT molecular complexity index is 381. The van der Waals surface area contributed by atoms with Crippen molar-refractivity contribution in [3.8, 4) is 0 Å². The van der Waals surface area contributed by atoms with Crippen molar-refractivity contribution in [1.29, 1.82) is 0 Å². The zero-order chi connectivity index (χ0) is 13.5. The van der Waals surface area contributed by atoms with Crippen LogP contribution < -0.4 is 5.32 Å². The van der Waals surface area contributed by atoms with E-state index in [1.54, 1.807) is 0 Å². The molecular formula is C17H28N2. The molecule has 0 unspecified atom stereocenters. The first-order chi connectivity index (χ1) is 9.25. The van der Waals surface area contributed by atoms with Gasteiger partial charge in [0, 0.05) is 0 Å². The molecule has 2 rings (SSSR count). The first-order valence-corrected chi connectivity index (χ1v) is 7.75. The van der Waals surface area contributed by atoms with E-state index in [-0.39, 0.29) is 0 Å². The summed E-state index contributed by atoms with van der Waals surface area (Å²) in [5.74, 6) is 0. The van der Waals surface area contributed by atoms with E-state index >= 15 is 0 Å². The van der Waals surface area contributed by atoms with Gasteiger partial charge in [0.05, 0.1) is 0 Å². The first-order valence-electron chi connectivity index (χ1n) is 7.75. The monoisotopic (exact) mass is 260 g/mol. The van der Waals surface area contributed by atoms with E-state index in [4.69, 9.17) is 0 Å². The van der Waals surface area contributed by atoms with Crippen LogP contribution in [0.3, 0.4) is 0 Å². The van der Waals surface area contributed by atoms with Crippen LogP contribution in [0.4, 0.5) is 0 Å². The molecular weight excluding hydrogens is 232 g/mol. The Labute approximate surface area is 118 Å². The van der Waals surface area contributed by atoms with Crippen molar-refractivity contribution in [2.45, 2.75) is 39.5 Å². The largest absolute Gasteiger partial charge is 0.316 e. The van der Waals surface area contributed by atoms with Crippen LogP contribution in [0.5, 0.6) is 0 Å². The molecule has 0 radical (unpaired) electrons. The second-order valence-electron chi connectivity index (χ2n) is 5.83. The maximum Gasteiger partial charge on any atom is -0.000664 e. The summed E-state index contributed by atoms with van der Waals surface area (Å²) in [6.07, 6.45) is 5.24. The summed E-state index contributed by atoms with van der Waals surface area (Å²) in [5, 5.41) is 3.58. The van der Waals surface area contributed by atoms with Crippen molar-refractivity contribution in [3.63, 3.8) is 0 Å². The normalized spacial score (nSPS) is 16.1. The molecule has 0 saturated carbocycles. The molecule has 1 aromatic rings. The molecule has 0 atom stereocenters. The molecule has 1 saturated heterocycles. The molecule has 0 aliphatic carbocycles. The Morgan fingerprint density at radius 2 is 1.89 bits per heavy atom. The van der Waals surface area contributed by atoms with Crippen molar-refractivity contribution in [3.05, 3.63) is 34.9 Å². The van der Waals surface area contributed by atoms with Gasteiger partial charge in [-0.2, -0.15) is 0 Å². The fourth-order valence-corrected chi connectivity index (χ4v) is 2.85. The molecule has 1 fully saturated rings. The van der Waals surface area contributed by atoms with Gasteiger partial charge in [0.25, 0.3) is 0 Å². The van der Waals surface area contributed by atoms with Crippen molar-refractivity contribution < 1.29 is 0 Å². The van der Waals surface area contributed by atoms with Gasteiger partial charge in [0.15, 0.2) is 0 Å². The number of hydrogen-bond donors (Lipinski definition) is 1. The summed E-state index contributed by atoms with van der Waals surface area (Å²) in [6.45, 7) is 10.6. The van der Waals surface area contributed by atoms with Gasteiger partial charge in [-0.15, -0.1) is 0 Å². The predicted molar refractivity (Wildman–Crippen MR) is 82.8 cm³/mol. The number of nitrogens with zero attached hydrogens (tertiary/aromatic N) is 1. The van der Waals surface area contributed by atoms with E-state index in [9.17, 15) is 0 Å². The highest BCUT2D eigenvalue weighted by Crippen LogP contribution is 2.11. The summed E-state index contributed by atoms with van der Waals surface area (Å²) < 4.78 is 0. The number of likely N-dealkylation sites (tertiary alicyclic amines) is 1. The van der Waals surface area contributed by atoms with Crippen LogP contribution in [0.2, 0.25) is 0 Å². The maximum atomic E-state index is 3.58. The average Bonchev–Trinajstić information content (AvgIpc) is 2.90. The zero-order valence-corrected chi connectivity index (χ0v) is 12.5. The molecule has 0 bridgehead atoms. The Hall–Kier alpha value is -0.860. The van der Waals surface area contributed by atoms with Crippen LogP contribution in [0.25, 0.3) is 0 Å². The van der Waals surface area contributed by atoms with E-state index < -0.39 is 0 Å². The smallest absolute Gasteiger partial charge is 0.000664 e. The van der Waals surface area contributed by atoms with Crippen LogP contribution in [0.1, 0.15) is 36.0 Å². The third-order valence-electron chi connectivity index (χ3n) is 4.10. The molecule has 19 heavy (non-hydrogen) atoms.